The molecule has 20 heavy (non-hydrogen) atoms. The third kappa shape index (κ3) is 3.93. The van der Waals surface area contributed by atoms with Crippen LogP contribution in [0.5, 0.6) is 0 Å². The Labute approximate surface area is 121 Å². The number of aliphatic carboxylic acids is 1. The maximum atomic E-state index is 11.7. The van der Waals surface area contributed by atoms with Crippen LogP contribution >= 0.6 is 0 Å². The average molecular weight is 285 g/mol. The standard InChI is InChI=1S/C15H27NO4/c1-11(2)16-15(14(17)18,12-6-7-12)10-19-9-13-5-3-4-8-20-13/h11-13,16H,3-10H2,1-2H3,(H,17,18). The number of hydrogen-bond donors (Lipinski definition) is 2. The molecular formula is C15H27NO4. The Morgan fingerprint density at radius 3 is 2.65 bits per heavy atom. The first-order valence-electron chi connectivity index (χ1n) is 7.75. The molecule has 116 valence electrons. The molecule has 2 N–H and O–H groups in total. The van der Waals surface area contributed by atoms with Crippen molar-refractivity contribution in [1.82, 2.24) is 5.32 Å². The van der Waals surface area contributed by atoms with Crippen molar-refractivity contribution >= 4 is 5.97 Å². The Hall–Kier alpha value is -0.650. The third-order valence-corrected chi connectivity index (χ3v) is 4.11. The first-order chi connectivity index (χ1) is 9.54. The van der Waals surface area contributed by atoms with Crippen molar-refractivity contribution in [2.75, 3.05) is 19.8 Å². The highest BCUT2D eigenvalue weighted by molar-refractivity contribution is 5.80. The summed E-state index contributed by atoms with van der Waals surface area (Å²) in [6.45, 7) is 5.48. The molecule has 1 heterocycles. The van der Waals surface area contributed by atoms with Crippen LogP contribution in [-0.2, 0) is 14.3 Å². The lowest BCUT2D eigenvalue weighted by atomic mass is 9.93. The van der Waals surface area contributed by atoms with Gasteiger partial charge in [-0.05, 0) is 51.9 Å². The fraction of sp³-hybridized carbons (Fsp3) is 0.933. The van der Waals surface area contributed by atoms with Gasteiger partial charge in [-0.1, -0.05) is 0 Å². The summed E-state index contributed by atoms with van der Waals surface area (Å²) >= 11 is 0. The van der Waals surface area contributed by atoms with Gasteiger partial charge >= 0.3 is 5.97 Å². The monoisotopic (exact) mass is 285 g/mol. The molecule has 5 nitrogen and oxygen atoms in total. The summed E-state index contributed by atoms with van der Waals surface area (Å²) < 4.78 is 11.4. The van der Waals surface area contributed by atoms with E-state index in [1.54, 1.807) is 0 Å². The van der Waals surface area contributed by atoms with E-state index < -0.39 is 11.5 Å². The van der Waals surface area contributed by atoms with Crippen LogP contribution in [0.15, 0.2) is 0 Å². The molecule has 0 aromatic rings. The number of carboxylic acid groups (broad SMARTS) is 1. The Morgan fingerprint density at radius 1 is 1.40 bits per heavy atom. The van der Waals surface area contributed by atoms with E-state index in [4.69, 9.17) is 9.47 Å². The van der Waals surface area contributed by atoms with Crippen molar-refractivity contribution in [2.24, 2.45) is 5.92 Å². The quantitative estimate of drug-likeness (QED) is 0.712. The summed E-state index contributed by atoms with van der Waals surface area (Å²) in [5.74, 6) is -0.604. The second-order valence-corrected chi connectivity index (χ2v) is 6.35. The summed E-state index contributed by atoms with van der Waals surface area (Å²) in [4.78, 5) is 11.7. The van der Waals surface area contributed by atoms with E-state index in [1.807, 2.05) is 13.8 Å². The molecular weight excluding hydrogens is 258 g/mol. The molecule has 0 spiro atoms. The topological polar surface area (TPSA) is 67.8 Å². The largest absolute Gasteiger partial charge is 0.480 e. The Morgan fingerprint density at radius 2 is 2.15 bits per heavy atom. The van der Waals surface area contributed by atoms with Crippen LogP contribution in [0.3, 0.4) is 0 Å². The number of carboxylic acids is 1. The molecule has 0 radical (unpaired) electrons. The minimum Gasteiger partial charge on any atom is -0.480 e. The summed E-state index contributed by atoms with van der Waals surface area (Å²) in [5.41, 5.74) is -0.928. The van der Waals surface area contributed by atoms with Gasteiger partial charge in [-0.25, -0.2) is 0 Å². The van der Waals surface area contributed by atoms with Gasteiger partial charge in [0.1, 0.15) is 5.54 Å². The molecule has 0 amide bonds. The molecule has 1 aliphatic heterocycles. The van der Waals surface area contributed by atoms with Crippen molar-refractivity contribution in [2.45, 2.75) is 63.6 Å². The average Bonchev–Trinajstić information content (AvgIpc) is 3.22. The van der Waals surface area contributed by atoms with Gasteiger partial charge in [-0.15, -0.1) is 0 Å². The zero-order chi connectivity index (χ0) is 14.6. The van der Waals surface area contributed by atoms with Gasteiger partial charge in [-0.2, -0.15) is 0 Å². The van der Waals surface area contributed by atoms with Crippen LogP contribution in [0.2, 0.25) is 0 Å². The maximum absolute atomic E-state index is 11.7. The van der Waals surface area contributed by atoms with Crippen LogP contribution in [0.1, 0.15) is 46.0 Å². The highest BCUT2D eigenvalue weighted by Gasteiger charge is 2.51. The van der Waals surface area contributed by atoms with Crippen LogP contribution < -0.4 is 5.32 Å². The van der Waals surface area contributed by atoms with Crippen molar-refractivity contribution in [3.63, 3.8) is 0 Å². The first kappa shape index (κ1) is 15.7. The zero-order valence-corrected chi connectivity index (χ0v) is 12.6. The Bertz CT molecular complexity index is 324. The second kappa shape index (κ2) is 6.87. The van der Waals surface area contributed by atoms with E-state index in [2.05, 4.69) is 5.32 Å². The lowest BCUT2D eigenvalue weighted by Gasteiger charge is -2.33. The van der Waals surface area contributed by atoms with E-state index in [9.17, 15) is 9.90 Å². The second-order valence-electron chi connectivity index (χ2n) is 6.35. The molecule has 2 atom stereocenters. The van der Waals surface area contributed by atoms with Crippen LogP contribution in [0, 0.1) is 5.92 Å². The molecule has 2 unspecified atom stereocenters. The Kier molecular flexibility index (Phi) is 5.41. The van der Waals surface area contributed by atoms with Crippen molar-refractivity contribution < 1.29 is 19.4 Å². The van der Waals surface area contributed by atoms with Gasteiger partial charge < -0.3 is 14.6 Å². The molecule has 1 saturated carbocycles. The molecule has 0 bridgehead atoms. The SMILES string of the molecule is CC(C)NC(COCC1CCCCO1)(C(=O)O)C1CC1. The van der Waals surface area contributed by atoms with Crippen molar-refractivity contribution in [3.8, 4) is 0 Å². The lowest BCUT2D eigenvalue weighted by molar-refractivity contribution is -0.151. The number of carbonyl (C=O) groups is 1. The smallest absolute Gasteiger partial charge is 0.326 e. The first-order valence-corrected chi connectivity index (χ1v) is 7.75. The van der Waals surface area contributed by atoms with Crippen LogP contribution in [-0.4, -0.2) is 48.6 Å². The lowest BCUT2D eigenvalue weighted by Crippen LogP contribution is -2.60. The summed E-state index contributed by atoms with van der Waals surface area (Å²) in [5, 5.41) is 12.9. The van der Waals surface area contributed by atoms with Gasteiger partial charge in [0.15, 0.2) is 0 Å². The van der Waals surface area contributed by atoms with Gasteiger partial charge in [0, 0.05) is 12.6 Å². The molecule has 1 aliphatic carbocycles. The summed E-state index contributed by atoms with van der Waals surface area (Å²) in [6, 6.07) is 0.126. The third-order valence-electron chi connectivity index (χ3n) is 4.11. The maximum Gasteiger partial charge on any atom is 0.326 e. The molecule has 2 rings (SSSR count). The van der Waals surface area contributed by atoms with Crippen LogP contribution in [0.25, 0.3) is 0 Å². The van der Waals surface area contributed by atoms with Gasteiger partial charge in [0.2, 0.25) is 0 Å². The van der Waals surface area contributed by atoms with Crippen molar-refractivity contribution in [3.05, 3.63) is 0 Å². The highest BCUT2D eigenvalue weighted by atomic mass is 16.5. The zero-order valence-electron chi connectivity index (χ0n) is 12.6. The normalized spacial score (nSPS) is 26.4. The highest BCUT2D eigenvalue weighted by Crippen LogP contribution is 2.40. The van der Waals surface area contributed by atoms with E-state index in [0.29, 0.717) is 6.61 Å². The van der Waals surface area contributed by atoms with E-state index in [1.165, 1.54) is 6.42 Å². The molecule has 0 aromatic heterocycles. The molecule has 5 heteroatoms. The van der Waals surface area contributed by atoms with E-state index in [-0.39, 0.29) is 24.7 Å². The fourth-order valence-corrected chi connectivity index (χ4v) is 2.96. The predicted octanol–water partition coefficient (Wildman–Crippen LogP) is 1.80. The minimum absolute atomic E-state index is 0.126. The van der Waals surface area contributed by atoms with E-state index >= 15 is 0 Å². The van der Waals surface area contributed by atoms with Crippen LogP contribution in [0.4, 0.5) is 0 Å². The van der Waals surface area contributed by atoms with Gasteiger partial charge in [0.05, 0.1) is 19.3 Å². The predicted molar refractivity (Wildman–Crippen MR) is 75.8 cm³/mol. The van der Waals surface area contributed by atoms with Gasteiger partial charge in [0.25, 0.3) is 0 Å². The number of rotatable bonds is 8. The number of ether oxygens (including phenoxy) is 2. The molecule has 0 aromatic carbocycles. The fourth-order valence-electron chi connectivity index (χ4n) is 2.96. The molecule has 2 aliphatic rings. The summed E-state index contributed by atoms with van der Waals surface area (Å²) in [7, 11) is 0. The molecule has 2 fully saturated rings. The summed E-state index contributed by atoms with van der Waals surface area (Å²) in [6.07, 6.45) is 5.37. The number of nitrogens with one attached hydrogen (secondary N) is 1. The van der Waals surface area contributed by atoms with Crippen molar-refractivity contribution in [1.29, 1.82) is 0 Å². The Balaban J connectivity index is 1.88. The van der Waals surface area contributed by atoms with E-state index in [0.717, 1.165) is 32.3 Å². The minimum atomic E-state index is -0.928. The van der Waals surface area contributed by atoms with Gasteiger partial charge in [-0.3, -0.25) is 10.1 Å². The molecule has 1 saturated heterocycles. The number of hydrogen-bond acceptors (Lipinski definition) is 4.